The van der Waals surface area contributed by atoms with E-state index < -0.39 is 23.7 Å². The van der Waals surface area contributed by atoms with Gasteiger partial charge in [-0.25, -0.2) is 4.79 Å². The Hall–Kier alpha value is -7.52. The molecular formula is C64H89N13O7. The van der Waals surface area contributed by atoms with Gasteiger partial charge in [-0.05, 0) is 154 Å². The van der Waals surface area contributed by atoms with Gasteiger partial charge in [-0.3, -0.25) is 49.0 Å². The molecule has 10 rings (SSSR count). The lowest BCUT2D eigenvalue weighted by Crippen LogP contribution is -2.43. The standard InChI is InChI=1S/C21H23N5O2.C12H16N2O.C12H18N2.C11H17N3.C8H15NO4/c1-14(12-26-10-8-16-7-9-22-11-19(16)13-26)23-21(27)18-5-3-17(4-6-18)20-24-15(2)28-25-20;1-9(2)12(15)14-6-4-10-7-13-5-3-11(10)8-14;1-10(2)8-14-6-4-11-7-13-5-3-12(11)9-14;1-9(12)7-14-5-3-10-6-13-4-2-11(10)8-14;1-5(6(10)11)9-7(12)13-8(2,3)4/h3-7,9,11,14H,8,10,12-13H2,1-2H3,(H,23,27);3,5,7,9H,4,6,8H2,1-2H3;3,5,7,10H,4,6,8-9H2,1-2H3;2,4,6,9H,3,5,7-8,12H2,1H3;5H,1-4H3,(H,9,12)(H,10,11)/t14-;;;9-;5-/m1..11/s1. The van der Waals surface area contributed by atoms with Crippen LogP contribution in [0.15, 0.2) is 103 Å². The largest absolute Gasteiger partial charge is 0.480 e. The van der Waals surface area contributed by atoms with Gasteiger partial charge in [0.2, 0.25) is 17.6 Å². The molecule has 4 aliphatic heterocycles. The summed E-state index contributed by atoms with van der Waals surface area (Å²) in [4.78, 5) is 75.7. The van der Waals surface area contributed by atoms with E-state index in [4.69, 9.17) is 20.1 Å². The molecule has 0 saturated carbocycles. The van der Waals surface area contributed by atoms with Crippen LogP contribution in [0, 0.1) is 18.8 Å². The van der Waals surface area contributed by atoms with Crippen molar-refractivity contribution in [1.29, 1.82) is 0 Å². The first kappa shape index (κ1) is 65.6. The van der Waals surface area contributed by atoms with Crippen molar-refractivity contribution in [2.75, 3.05) is 45.8 Å². The summed E-state index contributed by atoms with van der Waals surface area (Å²) in [6.45, 7) is 31.7. The highest BCUT2D eigenvalue weighted by atomic mass is 16.6. The SMILES string of the molecule is CC(C)C(=O)N1CCc2cnccc2C1.CC(C)CN1CCc2cnccc2C1.C[C@@H](N)CN1CCc2cnccc2C1.C[C@@H](NC(=O)OC(C)(C)C)C(=O)O.Cc1nc(-c2ccc(C(=O)N[C@H](C)CN3CCc4ccncc4C3)cc2)no1. The number of carboxylic acids is 1. The van der Waals surface area contributed by atoms with E-state index in [2.05, 4.69) is 94.4 Å². The third-order valence-electron chi connectivity index (χ3n) is 14.2. The first-order valence-electron chi connectivity index (χ1n) is 29.3. The Bertz CT molecular complexity index is 2990. The molecule has 0 fully saturated rings. The highest BCUT2D eigenvalue weighted by Crippen LogP contribution is 2.22. The number of carbonyl (C=O) groups excluding carboxylic acids is 3. The summed E-state index contributed by atoms with van der Waals surface area (Å²) in [6.07, 6.45) is 18.8. The molecule has 0 aliphatic carbocycles. The first-order chi connectivity index (χ1) is 40.0. The summed E-state index contributed by atoms with van der Waals surface area (Å²) in [5, 5.41) is 17.6. The first-order valence-corrected chi connectivity index (χ1v) is 29.3. The number of nitrogens with zero attached hydrogens (tertiary/aromatic N) is 10. The van der Waals surface area contributed by atoms with E-state index in [1.54, 1.807) is 46.0 Å². The Kier molecular flexibility index (Phi) is 25.0. The third kappa shape index (κ3) is 21.6. The second-order valence-electron chi connectivity index (χ2n) is 23.9. The number of ether oxygens (including phenoxy) is 1. The maximum Gasteiger partial charge on any atom is 0.408 e. The molecule has 1 aromatic carbocycles. The number of amides is 3. The van der Waals surface area contributed by atoms with Gasteiger partial charge >= 0.3 is 12.1 Å². The summed E-state index contributed by atoms with van der Waals surface area (Å²) in [6, 6.07) is 15.0. The van der Waals surface area contributed by atoms with E-state index in [1.807, 2.05) is 87.2 Å². The van der Waals surface area contributed by atoms with Crippen molar-refractivity contribution in [3.05, 3.63) is 154 Å². The van der Waals surface area contributed by atoms with Crippen LogP contribution in [0.2, 0.25) is 0 Å². The summed E-state index contributed by atoms with van der Waals surface area (Å²) in [5.41, 5.74) is 17.5. The second kappa shape index (κ2) is 31.9. The number of carboxylic acid groups (broad SMARTS) is 1. The lowest BCUT2D eigenvalue weighted by molar-refractivity contribution is -0.139. The van der Waals surface area contributed by atoms with Gasteiger partial charge < -0.3 is 35.6 Å². The molecule has 3 atom stereocenters. The maximum absolute atomic E-state index is 12.6. The zero-order valence-electron chi connectivity index (χ0n) is 51.2. The van der Waals surface area contributed by atoms with Crippen LogP contribution in [0.4, 0.5) is 4.79 Å². The quantitative estimate of drug-likeness (QED) is 0.0903. The van der Waals surface area contributed by atoms with E-state index in [0.717, 1.165) is 96.1 Å². The van der Waals surface area contributed by atoms with E-state index in [0.29, 0.717) is 17.3 Å². The normalized spacial score (nSPS) is 15.8. The molecule has 5 N–H and O–H groups in total. The minimum absolute atomic E-state index is 0.0465. The van der Waals surface area contributed by atoms with Crippen LogP contribution in [-0.2, 0) is 66.2 Å². The van der Waals surface area contributed by atoms with Crippen LogP contribution in [0.25, 0.3) is 11.4 Å². The summed E-state index contributed by atoms with van der Waals surface area (Å²) in [5.74, 6) is 0.969. The number of aryl methyl sites for hydroxylation is 1. The number of nitrogens with two attached hydrogens (primary N) is 1. The molecule has 0 spiro atoms. The van der Waals surface area contributed by atoms with Gasteiger partial charge in [0.1, 0.15) is 11.6 Å². The Morgan fingerprint density at radius 3 is 1.58 bits per heavy atom. The minimum Gasteiger partial charge on any atom is -0.480 e. The van der Waals surface area contributed by atoms with Gasteiger partial charge in [-0.15, -0.1) is 0 Å². The van der Waals surface area contributed by atoms with Gasteiger partial charge in [-0.1, -0.05) is 45.0 Å². The van der Waals surface area contributed by atoms with Gasteiger partial charge in [0.25, 0.3) is 5.91 Å². The highest BCUT2D eigenvalue weighted by molar-refractivity contribution is 5.94. The van der Waals surface area contributed by atoms with E-state index in [1.165, 1.54) is 64.5 Å². The molecule has 3 amide bonds. The highest BCUT2D eigenvalue weighted by Gasteiger charge is 2.24. The van der Waals surface area contributed by atoms with Crippen LogP contribution in [-0.4, -0.2) is 148 Å². The molecule has 452 valence electrons. The monoisotopic (exact) mass is 1150 g/mol. The fourth-order valence-corrected chi connectivity index (χ4v) is 10.1. The molecule has 0 saturated heterocycles. The molecule has 4 aliphatic rings. The number of benzene rings is 1. The van der Waals surface area contributed by atoms with Crippen LogP contribution in [0.1, 0.15) is 130 Å². The van der Waals surface area contributed by atoms with E-state index in [9.17, 15) is 19.2 Å². The van der Waals surface area contributed by atoms with Crippen molar-refractivity contribution in [2.45, 2.75) is 152 Å². The van der Waals surface area contributed by atoms with Crippen LogP contribution in [0.3, 0.4) is 0 Å². The third-order valence-corrected chi connectivity index (χ3v) is 14.2. The van der Waals surface area contributed by atoms with Crippen molar-refractivity contribution in [2.24, 2.45) is 17.6 Å². The van der Waals surface area contributed by atoms with Crippen molar-refractivity contribution in [3.8, 4) is 11.4 Å². The van der Waals surface area contributed by atoms with Crippen molar-refractivity contribution < 1.29 is 33.5 Å². The number of aromatic nitrogens is 6. The summed E-state index contributed by atoms with van der Waals surface area (Å²) >= 11 is 0. The maximum atomic E-state index is 12.6. The van der Waals surface area contributed by atoms with E-state index >= 15 is 0 Å². The number of carbonyl (C=O) groups is 4. The summed E-state index contributed by atoms with van der Waals surface area (Å²) in [7, 11) is 0. The number of alkyl carbamates (subject to hydrolysis) is 1. The van der Waals surface area contributed by atoms with Crippen molar-refractivity contribution in [3.63, 3.8) is 0 Å². The molecule has 6 aromatic rings. The molecule has 5 aromatic heterocycles. The number of rotatable bonds is 12. The van der Waals surface area contributed by atoms with Gasteiger partial charge in [0.15, 0.2) is 0 Å². The molecule has 20 heteroatoms. The fraction of sp³-hybridized carbons (Fsp3) is 0.500. The number of pyridine rings is 4. The van der Waals surface area contributed by atoms with Crippen LogP contribution < -0.4 is 16.4 Å². The zero-order chi connectivity index (χ0) is 60.9. The molecular weight excluding hydrogens is 1060 g/mol. The van der Waals surface area contributed by atoms with Gasteiger partial charge in [0, 0.05) is 158 Å². The molecule has 9 heterocycles. The van der Waals surface area contributed by atoms with Gasteiger partial charge in [-0.2, -0.15) is 4.98 Å². The topological polar surface area (TPSA) is 251 Å². The Morgan fingerprint density at radius 2 is 1.10 bits per heavy atom. The Labute approximate surface area is 496 Å². The lowest BCUT2D eigenvalue weighted by Gasteiger charge is -2.30. The van der Waals surface area contributed by atoms with Gasteiger partial charge in [0.05, 0.1) is 0 Å². The average Bonchev–Trinajstić information content (AvgIpc) is 3.92. The average molecular weight is 1150 g/mol. The molecule has 0 bridgehead atoms. The number of aliphatic carboxylic acids is 1. The zero-order valence-corrected chi connectivity index (χ0v) is 51.2. The minimum atomic E-state index is -1.09. The molecule has 20 nitrogen and oxygen atoms in total. The molecule has 0 radical (unpaired) electrons. The predicted molar refractivity (Wildman–Crippen MR) is 324 cm³/mol. The number of nitrogens with one attached hydrogen (secondary N) is 2. The second-order valence-corrected chi connectivity index (χ2v) is 23.9. The Morgan fingerprint density at radius 1 is 0.619 bits per heavy atom. The van der Waals surface area contributed by atoms with E-state index in [-0.39, 0.29) is 29.8 Å². The molecule has 84 heavy (non-hydrogen) atoms. The van der Waals surface area contributed by atoms with Crippen molar-refractivity contribution in [1.82, 2.24) is 60.3 Å². The van der Waals surface area contributed by atoms with Crippen molar-refractivity contribution >= 4 is 23.9 Å². The number of hydrogen-bond acceptors (Lipinski definition) is 16. The lowest BCUT2D eigenvalue weighted by atomic mass is 10.0. The Balaban J connectivity index is 0.000000176. The predicted octanol–water partition coefficient (Wildman–Crippen LogP) is 8.11. The molecule has 0 unspecified atom stereocenters. The smallest absolute Gasteiger partial charge is 0.408 e. The number of hydrogen-bond donors (Lipinski definition) is 4. The van der Waals surface area contributed by atoms with Crippen LogP contribution in [0.5, 0.6) is 0 Å². The van der Waals surface area contributed by atoms with Crippen LogP contribution >= 0.6 is 0 Å². The summed E-state index contributed by atoms with van der Waals surface area (Å²) < 4.78 is 9.84. The number of fused-ring (bicyclic) bond motifs is 4. The fourth-order valence-electron chi connectivity index (χ4n) is 10.1.